The van der Waals surface area contributed by atoms with E-state index in [0.717, 1.165) is 33.8 Å². The van der Waals surface area contributed by atoms with Crippen LogP contribution in [0, 0.1) is 0 Å². The number of hydrogen-bond donors (Lipinski definition) is 2. The topological polar surface area (TPSA) is 94.6 Å². The van der Waals surface area contributed by atoms with E-state index in [1.807, 2.05) is 73.1 Å². The number of H-pyrrole nitrogens is 1. The van der Waals surface area contributed by atoms with Crippen molar-refractivity contribution in [3.63, 3.8) is 0 Å². The predicted octanol–water partition coefficient (Wildman–Crippen LogP) is 4.19. The summed E-state index contributed by atoms with van der Waals surface area (Å²) in [5, 5.41) is 5.47. The number of nitrogens with one attached hydrogen (secondary N) is 1. The highest BCUT2D eigenvalue weighted by Crippen LogP contribution is 2.33. The van der Waals surface area contributed by atoms with Crippen LogP contribution in [0.2, 0.25) is 0 Å². The van der Waals surface area contributed by atoms with E-state index in [1.54, 1.807) is 4.68 Å². The first-order chi connectivity index (χ1) is 13.8. The van der Waals surface area contributed by atoms with Crippen LogP contribution in [0.15, 0.2) is 79.4 Å². The second-order valence-corrected chi connectivity index (χ2v) is 6.23. The maximum absolute atomic E-state index is 6.16. The first kappa shape index (κ1) is 16.1. The Labute approximate surface area is 160 Å². The first-order valence-corrected chi connectivity index (χ1v) is 8.75. The highest BCUT2D eigenvalue weighted by molar-refractivity contribution is 5.98. The Hall–Kier alpha value is -4.13. The van der Waals surface area contributed by atoms with Crippen LogP contribution in [-0.2, 0) is 0 Å². The van der Waals surface area contributed by atoms with Gasteiger partial charge in [-0.15, -0.1) is 0 Å². The molecule has 0 radical (unpaired) electrons. The van der Waals surface area contributed by atoms with Gasteiger partial charge in [-0.3, -0.25) is 0 Å². The molecule has 0 saturated heterocycles. The lowest BCUT2D eigenvalue weighted by atomic mass is 10.1. The van der Waals surface area contributed by atoms with Crippen LogP contribution in [0.25, 0.3) is 28.0 Å². The van der Waals surface area contributed by atoms with Crippen LogP contribution in [0.4, 0.5) is 5.82 Å². The maximum atomic E-state index is 6.16. The van der Waals surface area contributed by atoms with Crippen LogP contribution in [0.5, 0.6) is 11.5 Å². The number of rotatable bonds is 4. The molecule has 0 aliphatic rings. The third-order valence-corrected chi connectivity index (χ3v) is 4.43. The number of nitrogen functional groups attached to an aromatic ring is 1. The van der Waals surface area contributed by atoms with Gasteiger partial charge < -0.3 is 15.5 Å². The number of fused-ring (bicyclic) bond motifs is 1. The van der Waals surface area contributed by atoms with E-state index < -0.39 is 0 Å². The molecule has 3 N–H and O–H groups in total. The minimum atomic E-state index is 0.395. The van der Waals surface area contributed by atoms with E-state index in [2.05, 4.69) is 15.0 Å². The first-order valence-electron chi connectivity index (χ1n) is 8.75. The molecule has 7 nitrogen and oxygen atoms in total. The van der Waals surface area contributed by atoms with Gasteiger partial charge in [0, 0.05) is 18.0 Å². The van der Waals surface area contributed by atoms with Crippen LogP contribution >= 0.6 is 0 Å². The Morgan fingerprint density at radius 2 is 1.68 bits per heavy atom. The summed E-state index contributed by atoms with van der Waals surface area (Å²) in [4.78, 5) is 11.6. The zero-order valence-corrected chi connectivity index (χ0v) is 14.8. The fraction of sp³-hybridized carbons (Fsp3) is 0. The molecule has 3 aromatic heterocycles. The molecular formula is C21H16N6O. The molecule has 3 heterocycles. The van der Waals surface area contributed by atoms with E-state index in [1.165, 1.54) is 6.33 Å². The molecule has 0 saturated carbocycles. The molecule has 0 fully saturated rings. The van der Waals surface area contributed by atoms with Crippen molar-refractivity contribution in [2.45, 2.75) is 0 Å². The average molecular weight is 368 g/mol. The smallest absolute Gasteiger partial charge is 0.169 e. The lowest BCUT2D eigenvalue weighted by Gasteiger charge is -2.06. The van der Waals surface area contributed by atoms with Gasteiger partial charge in [0.15, 0.2) is 5.65 Å². The number of anilines is 1. The van der Waals surface area contributed by atoms with Gasteiger partial charge in [-0.1, -0.05) is 18.2 Å². The van der Waals surface area contributed by atoms with Crippen molar-refractivity contribution in [1.29, 1.82) is 0 Å². The van der Waals surface area contributed by atoms with E-state index in [-0.39, 0.29) is 0 Å². The third kappa shape index (κ3) is 2.75. The van der Waals surface area contributed by atoms with Gasteiger partial charge in [0.05, 0.1) is 11.1 Å². The molecule has 2 aromatic carbocycles. The fourth-order valence-electron chi connectivity index (χ4n) is 3.11. The molecule has 0 bridgehead atoms. The Bertz CT molecular complexity index is 1230. The SMILES string of the molecule is Nc1ncnc2c1c(-c1ccc(Oc3ccccc3)cc1)nn2-c1cc[nH]c1. The maximum Gasteiger partial charge on any atom is 0.169 e. The Morgan fingerprint density at radius 3 is 2.43 bits per heavy atom. The van der Waals surface area contributed by atoms with Crippen molar-refractivity contribution in [3.05, 3.63) is 79.4 Å². The zero-order chi connectivity index (χ0) is 18.9. The van der Waals surface area contributed by atoms with E-state index in [9.17, 15) is 0 Å². The van der Waals surface area contributed by atoms with Crippen molar-refractivity contribution < 1.29 is 4.74 Å². The number of benzene rings is 2. The monoisotopic (exact) mass is 368 g/mol. The van der Waals surface area contributed by atoms with Crippen LogP contribution < -0.4 is 10.5 Å². The Balaban J connectivity index is 1.58. The molecule has 5 aromatic rings. The van der Waals surface area contributed by atoms with Crippen LogP contribution in [0.1, 0.15) is 0 Å². The van der Waals surface area contributed by atoms with Crippen molar-refractivity contribution in [2.75, 3.05) is 5.73 Å². The minimum Gasteiger partial charge on any atom is -0.457 e. The number of nitrogens with zero attached hydrogens (tertiary/aromatic N) is 4. The summed E-state index contributed by atoms with van der Waals surface area (Å²) in [6.07, 6.45) is 5.14. The fourth-order valence-corrected chi connectivity index (χ4v) is 3.11. The molecule has 0 unspecified atom stereocenters. The molecule has 0 spiro atoms. The summed E-state index contributed by atoms with van der Waals surface area (Å²) >= 11 is 0. The van der Waals surface area contributed by atoms with Gasteiger partial charge in [-0.05, 0) is 42.5 Å². The van der Waals surface area contributed by atoms with E-state index in [4.69, 9.17) is 15.6 Å². The number of ether oxygens (including phenoxy) is 1. The number of aromatic nitrogens is 5. The summed E-state index contributed by atoms with van der Waals surface area (Å²) < 4.78 is 7.62. The molecule has 0 atom stereocenters. The molecule has 0 aliphatic heterocycles. The average Bonchev–Trinajstić information content (AvgIpc) is 3.38. The van der Waals surface area contributed by atoms with Crippen LogP contribution in [0.3, 0.4) is 0 Å². The van der Waals surface area contributed by atoms with Gasteiger partial charge in [-0.2, -0.15) is 5.10 Å². The lowest BCUT2D eigenvalue weighted by Crippen LogP contribution is -1.97. The van der Waals surface area contributed by atoms with Crippen LogP contribution in [-0.4, -0.2) is 24.7 Å². The lowest BCUT2D eigenvalue weighted by molar-refractivity contribution is 0.483. The molecule has 5 rings (SSSR count). The highest BCUT2D eigenvalue weighted by Gasteiger charge is 2.18. The summed E-state index contributed by atoms with van der Waals surface area (Å²) in [5.74, 6) is 1.93. The number of hydrogen-bond acceptors (Lipinski definition) is 5. The molecular weight excluding hydrogens is 352 g/mol. The quantitative estimate of drug-likeness (QED) is 0.496. The summed E-state index contributed by atoms with van der Waals surface area (Å²) in [6, 6.07) is 19.3. The van der Waals surface area contributed by atoms with Gasteiger partial charge in [0.1, 0.15) is 29.3 Å². The van der Waals surface area contributed by atoms with Crippen molar-refractivity contribution >= 4 is 16.9 Å². The van der Waals surface area contributed by atoms with Gasteiger partial charge in [0.25, 0.3) is 0 Å². The van der Waals surface area contributed by atoms with E-state index >= 15 is 0 Å². The third-order valence-electron chi connectivity index (χ3n) is 4.43. The normalized spacial score (nSPS) is 11.0. The molecule has 0 amide bonds. The molecule has 28 heavy (non-hydrogen) atoms. The molecule has 0 aliphatic carbocycles. The molecule has 7 heteroatoms. The molecule has 136 valence electrons. The number of aromatic amines is 1. The Kier molecular flexibility index (Phi) is 3.76. The van der Waals surface area contributed by atoms with Gasteiger partial charge in [0.2, 0.25) is 0 Å². The summed E-state index contributed by atoms with van der Waals surface area (Å²) in [7, 11) is 0. The summed E-state index contributed by atoms with van der Waals surface area (Å²) in [6.45, 7) is 0. The standard InChI is InChI=1S/C21H16N6O/c22-20-18-19(26-27(15-10-11-23-12-15)21(18)25-13-24-20)14-6-8-17(9-7-14)28-16-4-2-1-3-5-16/h1-13,23H,(H2,22,24,25). The second-order valence-electron chi connectivity index (χ2n) is 6.23. The summed E-state index contributed by atoms with van der Waals surface area (Å²) in [5.41, 5.74) is 9.32. The minimum absolute atomic E-state index is 0.395. The largest absolute Gasteiger partial charge is 0.457 e. The van der Waals surface area contributed by atoms with Gasteiger partial charge >= 0.3 is 0 Å². The zero-order valence-electron chi connectivity index (χ0n) is 14.8. The van der Waals surface area contributed by atoms with E-state index in [0.29, 0.717) is 11.5 Å². The van der Waals surface area contributed by atoms with Crippen molar-refractivity contribution in [2.24, 2.45) is 0 Å². The predicted molar refractivity (Wildman–Crippen MR) is 107 cm³/mol. The van der Waals surface area contributed by atoms with Crippen molar-refractivity contribution in [1.82, 2.24) is 24.7 Å². The Morgan fingerprint density at radius 1 is 0.893 bits per heavy atom. The second kappa shape index (κ2) is 6.55. The van der Waals surface area contributed by atoms with Crippen molar-refractivity contribution in [3.8, 4) is 28.4 Å². The van der Waals surface area contributed by atoms with Gasteiger partial charge in [-0.25, -0.2) is 14.6 Å². The number of para-hydroxylation sites is 1. The highest BCUT2D eigenvalue weighted by atomic mass is 16.5. The number of nitrogens with two attached hydrogens (primary N) is 1.